The molecule has 1 aromatic heterocycles. The molecule has 0 aliphatic rings. The summed E-state index contributed by atoms with van der Waals surface area (Å²) in [4.78, 5) is 0. The molecule has 1 rings (SSSR count). The average molecular weight is 210 g/mol. The minimum atomic E-state index is 0.430. The molecule has 15 heavy (non-hydrogen) atoms. The molecule has 0 fully saturated rings. The van der Waals surface area contributed by atoms with Crippen LogP contribution in [0.4, 0.5) is 0 Å². The zero-order valence-electron chi connectivity index (χ0n) is 10.1. The van der Waals surface area contributed by atoms with Crippen LogP contribution in [0.1, 0.15) is 51.4 Å². The second-order valence-corrected chi connectivity index (χ2v) is 3.92. The Bertz CT molecular complexity index is 305. The first-order valence-corrected chi connectivity index (χ1v) is 6.02. The van der Waals surface area contributed by atoms with Gasteiger partial charge in [0.1, 0.15) is 5.69 Å². The first-order chi connectivity index (χ1) is 7.24. The lowest BCUT2D eigenvalue weighted by molar-refractivity contribution is 0.457. The fraction of sp³-hybridized carbons (Fsp3) is 0.750. The van der Waals surface area contributed by atoms with Crippen molar-refractivity contribution < 1.29 is 5.11 Å². The summed E-state index contributed by atoms with van der Waals surface area (Å²) in [6.07, 6.45) is 5.04. The quantitative estimate of drug-likeness (QED) is 0.784. The molecule has 0 aromatic carbocycles. The fourth-order valence-electron chi connectivity index (χ4n) is 1.80. The third-order valence-electron chi connectivity index (χ3n) is 2.64. The first kappa shape index (κ1) is 12.1. The monoisotopic (exact) mass is 210 g/mol. The molecular weight excluding hydrogens is 188 g/mol. The van der Waals surface area contributed by atoms with E-state index in [1.54, 1.807) is 0 Å². The van der Waals surface area contributed by atoms with Crippen LogP contribution in [0.25, 0.3) is 0 Å². The topological polar surface area (TPSA) is 38.0 Å². The van der Waals surface area contributed by atoms with E-state index < -0.39 is 0 Å². The summed E-state index contributed by atoms with van der Waals surface area (Å²) < 4.78 is 1.96. The lowest BCUT2D eigenvalue weighted by Crippen LogP contribution is -2.03. The Morgan fingerprint density at radius 3 is 2.47 bits per heavy atom. The van der Waals surface area contributed by atoms with Crippen LogP contribution < -0.4 is 0 Å². The molecule has 0 bridgehead atoms. The van der Waals surface area contributed by atoms with Crippen LogP contribution in [-0.4, -0.2) is 14.9 Å². The van der Waals surface area contributed by atoms with Gasteiger partial charge in [0.15, 0.2) is 5.75 Å². The lowest BCUT2D eigenvalue weighted by Gasteiger charge is -2.02. The van der Waals surface area contributed by atoms with E-state index in [9.17, 15) is 5.11 Å². The third-order valence-corrected chi connectivity index (χ3v) is 2.64. The maximum absolute atomic E-state index is 9.98. The number of aromatic hydroxyl groups is 1. The maximum Gasteiger partial charge on any atom is 0.160 e. The Labute approximate surface area is 92.1 Å². The molecule has 3 nitrogen and oxygen atoms in total. The number of aryl methyl sites for hydroxylation is 2. The van der Waals surface area contributed by atoms with Gasteiger partial charge < -0.3 is 5.11 Å². The summed E-state index contributed by atoms with van der Waals surface area (Å²) in [5.74, 6) is 0.430. The van der Waals surface area contributed by atoms with Crippen molar-refractivity contribution in [2.24, 2.45) is 0 Å². The van der Waals surface area contributed by atoms with Crippen LogP contribution in [0, 0.1) is 0 Å². The van der Waals surface area contributed by atoms with Crippen molar-refractivity contribution in [1.82, 2.24) is 9.78 Å². The Kier molecular flexibility index (Phi) is 4.66. The van der Waals surface area contributed by atoms with E-state index in [0.717, 1.165) is 50.0 Å². The minimum absolute atomic E-state index is 0.430. The molecule has 3 heteroatoms. The van der Waals surface area contributed by atoms with Crippen LogP contribution in [-0.2, 0) is 19.4 Å². The predicted octanol–water partition coefficient (Wildman–Crippen LogP) is 2.90. The molecule has 0 aliphatic heterocycles. The molecule has 1 aromatic rings. The normalized spacial score (nSPS) is 10.9. The summed E-state index contributed by atoms with van der Waals surface area (Å²) in [6.45, 7) is 7.25. The number of rotatable bonds is 6. The smallest absolute Gasteiger partial charge is 0.160 e. The van der Waals surface area contributed by atoms with Crippen LogP contribution in [0.2, 0.25) is 0 Å². The molecule has 0 aliphatic carbocycles. The maximum atomic E-state index is 9.98. The molecule has 0 amide bonds. The van der Waals surface area contributed by atoms with Gasteiger partial charge in [-0.05, 0) is 25.7 Å². The molecule has 0 saturated carbocycles. The third kappa shape index (κ3) is 2.74. The molecule has 1 N–H and O–H groups in total. The molecule has 0 atom stereocenters. The van der Waals surface area contributed by atoms with Crippen LogP contribution in [0.5, 0.6) is 5.75 Å². The highest BCUT2D eigenvalue weighted by molar-refractivity contribution is 5.32. The summed E-state index contributed by atoms with van der Waals surface area (Å²) >= 11 is 0. The van der Waals surface area contributed by atoms with Gasteiger partial charge in [0.25, 0.3) is 0 Å². The van der Waals surface area contributed by atoms with Gasteiger partial charge in [-0.1, -0.05) is 27.2 Å². The molecule has 86 valence electrons. The Hall–Kier alpha value is -0.990. The van der Waals surface area contributed by atoms with E-state index in [1.165, 1.54) is 0 Å². The summed E-state index contributed by atoms with van der Waals surface area (Å²) in [5, 5.41) is 14.5. The van der Waals surface area contributed by atoms with Crippen molar-refractivity contribution in [3.8, 4) is 5.75 Å². The molecule has 0 unspecified atom stereocenters. The molecule has 0 saturated heterocycles. The largest absolute Gasteiger partial charge is 0.504 e. The van der Waals surface area contributed by atoms with E-state index in [1.807, 2.05) is 4.68 Å². The summed E-state index contributed by atoms with van der Waals surface area (Å²) in [6, 6.07) is 0. The number of aromatic nitrogens is 2. The van der Waals surface area contributed by atoms with E-state index >= 15 is 0 Å². The van der Waals surface area contributed by atoms with Crippen molar-refractivity contribution in [2.75, 3.05) is 0 Å². The van der Waals surface area contributed by atoms with Crippen molar-refractivity contribution >= 4 is 0 Å². The van der Waals surface area contributed by atoms with Gasteiger partial charge in [0, 0.05) is 6.54 Å². The van der Waals surface area contributed by atoms with Crippen LogP contribution in [0.15, 0.2) is 0 Å². The zero-order valence-corrected chi connectivity index (χ0v) is 10.1. The molecule has 1 heterocycles. The minimum Gasteiger partial charge on any atom is -0.504 e. The number of unbranched alkanes of at least 4 members (excludes halogenated alkanes) is 1. The van der Waals surface area contributed by atoms with Gasteiger partial charge in [-0.3, -0.25) is 4.68 Å². The first-order valence-electron chi connectivity index (χ1n) is 6.02. The van der Waals surface area contributed by atoms with Crippen molar-refractivity contribution in [1.29, 1.82) is 0 Å². The van der Waals surface area contributed by atoms with E-state index in [4.69, 9.17) is 0 Å². The summed E-state index contributed by atoms with van der Waals surface area (Å²) in [7, 11) is 0. The SMILES string of the molecule is CCCCc1nn(CCC)c(CC)c1O. The van der Waals surface area contributed by atoms with Gasteiger partial charge in [-0.2, -0.15) is 5.10 Å². The number of hydrogen-bond donors (Lipinski definition) is 1. The second-order valence-electron chi connectivity index (χ2n) is 3.92. The lowest BCUT2D eigenvalue weighted by atomic mass is 10.1. The molecular formula is C12H22N2O. The Morgan fingerprint density at radius 2 is 1.93 bits per heavy atom. The predicted molar refractivity (Wildman–Crippen MR) is 62.2 cm³/mol. The summed E-state index contributed by atoms with van der Waals surface area (Å²) in [5.41, 5.74) is 1.87. The Balaban J connectivity index is 2.87. The highest BCUT2D eigenvalue weighted by Gasteiger charge is 2.14. The Morgan fingerprint density at radius 1 is 1.20 bits per heavy atom. The zero-order chi connectivity index (χ0) is 11.3. The van der Waals surface area contributed by atoms with E-state index in [-0.39, 0.29) is 0 Å². The highest BCUT2D eigenvalue weighted by atomic mass is 16.3. The standard InChI is InChI=1S/C12H22N2O/c1-4-7-8-10-12(15)11(6-3)14(13-10)9-5-2/h15H,4-9H2,1-3H3. The van der Waals surface area contributed by atoms with Gasteiger partial charge in [0.2, 0.25) is 0 Å². The molecule has 0 radical (unpaired) electrons. The average Bonchev–Trinajstić information content (AvgIpc) is 2.52. The second kappa shape index (κ2) is 5.79. The van der Waals surface area contributed by atoms with Gasteiger partial charge >= 0.3 is 0 Å². The fourth-order valence-corrected chi connectivity index (χ4v) is 1.80. The van der Waals surface area contributed by atoms with Crippen molar-refractivity contribution in [2.45, 2.75) is 59.4 Å². The number of hydrogen-bond acceptors (Lipinski definition) is 2. The van der Waals surface area contributed by atoms with Crippen molar-refractivity contribution in [3.05, 3.63) is 11.4 Å². The van der Waals surface area contributed by atoms with Gasteiger partial charge in [-0.15, -0.1) is 0 Å². The van der Waals surface area contributed by atoms with E-state index in [0.29, 0.717) is 5.75 Å². The van der Waals surface area contributed by atoms with Gasteiger partial charge in [-0.25, -0.2) is 0 Å². The molecule has 0 spiro atoms. The van der Waals surface area contributed by atoms with Crippen LogP contribution in [0.3, 0.4) is 0 Å². The van der Waals surface area contributed by atoms with Crippen LogP contribution >= 0.6 is 0 Å². The highest BCUT2D eigenvalue weighted by Crippen LogP contribution is 2.24. The van der Waals surface area contributed by atoms with Crippen molar-refractivity contribution in [3.63, 3.8) is 0 Å². The van der Waals surface area contributed by atoms with E-state index in [2.05, 4.69) is 25.9 Å². The number of nitrogens with zero attached hydrogens (tertiary/aromatic N) is 2. The van der Waals surface area contributed by atoms with Gasteiger partial charge in [0.05, 0.1) is 5.69 Å².